The van der Waals surface area contributed by atoms with Crippen molar-refractivity contribution < 1.29 is 32.2 Å². The van der Waals surface area contributed by atoms with E-state index in [-0.39, 0.29) is 30.1 Å². The molecule has 0 aromatic carbocycles. The molecule has 4 nitrogen and oxygen atoms in total. The van der Waals surface area contributed by atoms with E-state index in [9.17, 15) is 22.8 Å². The molecule has 2 aliphatic rings. The first-order valence-electron chi connectivity index (χ1n) is 8.52. The molecule has 0 aliphatic heterocycles. The fourth-order valence-electron chi connectivity index (χ4n) is 4.31. The molecule has 5 unspecified atom stereocenters. The number of carbonyl (C=O) groups excluding carboxylic acids is 2. The van der Waals surface area contributed by atoms with Gasteiger partial charge in [-0.15, -0.1) is 0 Å². The van der Waals surface area contributed by atoms with Crippen LogP contribution in [0.5, 0.6) is 0 Å². The quantitative estimate of drug-likeness (QED) is 0.529. The maximum absolute atomic E-state index is 13.4. The Labute approximate surface area is 145 Å². The number of fused-ring (bicyclic) bond motifs is 2. The van der Waals surface area contributed by atoms with Gasteiger partial charge in [0, 0.05) is 12.5 Å². The minimum Gasteiger partial charge on any atom is -0.462 e. The van der Waals surface area contributed by atoms with E-state index in [1.54, 1.807) is 6.92 Å². The molecular formula is C18H25F3O4. The number of hydrogen-bond donors (Lipinski definition) is 0. The predicted molar refractivity (Wildman–Crippen MR) is 84.4 cm³/mol. The van der Waals surface area contributed by atoms with Gasteiger partial charge in [0.05, 0.1) is 6.61 Å². The third-order valence-corrected chi connectivity index (χ3v) is 5.55. The van der Waals surface area contributed by atoms with Crippen molar-refractivity contribution in [1.29, 1.82) is 0 Å². The Morgan fingerprint density at radius 2 is 1.64 bits per heavy atom. The molecule has 2 fully saturated rings. The molecule has 0 radical (unpaired) electrons. The summed E-state index contributed by atoms with van der Waals surface area (Å²) in [6, 6.07) is 0. The van der Waals surface area contributed by atoms with Gasteiger partial charge in [-0.05, 0) is 63.2 Å². The second-order valence-electron chi connectivity index (χ2n) is 7.65. The normalized spacial score (nSPS) is 30.6. The minimum atomic E-state index is -4.60. The Morgan fingerprint density at radius 3 is 2.08 bits per heavy atom. The van der Waals surface area contributed by atoms with Gasteiger partial charge in [0.15, 0.2) is 0 Å². The summed E-state index contributed by atoms with van der Waals surface area (Å²) in [6.07, 6.45) is -2.58. The van der Waals surface area contributed by atoms with Crippen LogP contribution in [0, 0.1) is 23.7 Å². The highest BCUT2D eigenvalue weighted by atomic mass is 19.4. The van der Waals surface area contributed by atoms with E-state index >= 15 is 0 Å². The summed E-state index contributed by atoms with van der Waals surface area (Å²) in [5.41, 5.74) is -2.11. The summed E-state index contributed by atoms with van der Waals surface area (Å²) in [4.78, 5) is 22.6. The van der Waals surface area contributed by atoms with Crippen molar-refractivity contribution in [3.8, 4) is 0 Å². The zero-order chi connectivity index (χ0) is 19.0. The van der Waals surface area contributed by atoms with Gasteiger partial charge in [-0.3, -0.25) is 4.79 Å². The molecule has 25 heavy (non-hydrogen) atoms. The lowest BCUT2D eigenvalue weighted by molar-refractivity contribution is -0.269. The molecule has 5 atom stereocenters. The Morgan fingerprint density at radius 1 is 1.08 bits per heavy atom. The van der Waals surface area contributed by atoms with Crippen molar-refractivity contribution in [2.75, 3.05) is 6.61 Å². The molecule has 2 saturated carbocycles. The molecular weight excluding hydrogens is 337 g/mol. The Bertz CT molecular complexity index is 557. The predicted octanol–water partition coefficient (Wildman–Crippen LogP) is 4.04. The van der Waals surface area contributed by atoms with Crippen molar-refractivity contribution in [2.24, 2.45) is 23.7 Å². The fraction of sp³-hybridized carbons (Fsp3) is 0.778. The molecule has 2 aliphatic carbocycles. The van der Waals surface area contributed by atoms with Gasteiger partial charge in [-0.25, -0.2) is 4.79 Å². The van der Waals surface area contributed by atoms with Crippen LogP contribution in [0.3, 0.4) is 0 Å². The van der Waals surface area contributed by atoms with Crippen molar-refractivity contribution in [3.05, 3.63) is 12.2 Å². The lowest BCUT2D eigenvalue weighted by Gasteiger charge is -2.36. The lowest BCUT2D eigenvalue weighted by Crippen LogP contribution is -2.48. The monoisotopic (exact) mass is 362 g/mol. The average Bonchev–Trinajstić information content (AvgIpc) is 3.01. The van der Waals surface area contributed by atoms with Crippen LogP contribution in [0.4, 0.5) is 13.2 Å². The average molecular weight is 362 g/mol. The second-order valence-corrected chi connectivity index (χ2v) is 7.65. The van der Waals surface area contributed by atoms with E-state index in [2.05, 4.69) is 11.3 Å². The fourth-order valence-corrected chi connectivity index (χ4v) is 4.31. The van der Waals surface area contributed by atoms with Crippen LogP contribution in [-0.2, 0) is 19.1 Å². The Hall–Kier alpha value is -1.53. The second kappa shape index (κ2) is 7.00. The van der Waals surface area contributed by atoms with Crippen molar-refractivity contribution in [3.63, 3.8) is 0 Å². The maximum atomic E-state index is 13.4. The van der Waals surface area contributed by atoms with Crippen LogP contribution in [0.25, 0.3) is 0 Å². The van der Waals surface area contributed by atoms with Gasteiger partial charge in [-0.2, -0.15) is 13.2 Å². The maximum Gasteiger partial charge on any atom is 0.428 e. The van der Waals surface area contributed by atoms with Crippen molar-refractivity contribution in [1.82, 2.24) is 0 Å². The van der Waals surface area contributed by atoms with Gasteiger partial charge in [-0.1, -0.05) is 6.58 Å². The number of halogens is 3. The first kappa shape index (κ1) is 19.8. The highest BCUT2D eigenvalue weighted by Gasteiger charge is 2.58. The number of esters is 2. The van der Waals surface area contributed by atoms with Gasteiger partial charge < -0.3 is 9.47 Å². The van der Waals surface area contributed by atoms with Crippen LogP contribution < -0.4 is 0 Å². The molecule has 0 aromatic rings. The summed E-state index contributed by atoms with van der Waals surface area (Å²) < 4.78 is 50.0. The standard InChI is InChI=1S/C18H25F3O4/c1-10(2)16(23)24-9-15-7-12-5-13(15)6-14(12)8-17(4,18(19,20)21)25-11(3)22/h12-15H,1,5-9H2,2-4H3. The van der Waals surface area contributed by atoms with Gasteiger partial charge in [0.2, 0.25) is 5.60 Å². The van der Waals surface area contributed by atoms with E-state index in [0.717, 1.165) is 26.7 Å². The summed E-state index contributed by atoms with van der Waals surface area (Å²) in [5.74, 6) is -0.899. The Balaban J connectivity index is 1.94. The van der Waals surface area contributed by atoms with Crippen molar-refractivity contribution in [2.45, 2.75) is 58.2 Å². The number of ether oxygens (including phenoxy) is 2. The minimum absolute atomic E-state index is 0.135. The van der Waals surface area contributed by atoms with E-state index in [1.165, 1.54) is 0 Å². The molecule has 7 heteroatoms. The van der Waals surface area contributed by atoms with Gasteiger partial charge in [0.1, 0.15) is 0 Å². The highest BCUT2D eigenvalue weighted by Crippen LogP contribution is 2.55. The first-order valence-corrected chi connectivity index (χ1v) is 8.52. The number of hydrogen-bond acceptors (Lipinski definition) is 4. The molecule has 0 aromatic heterocycles. The van der Waals surface area contributed by atoms with E-state index < -0.39 is 23.7 Å². The molecule has 0 saturated heterocycles. The summed E-state index contributed by atoms with van der Waals surface area (Å²) >= 11 is 0. The number of rotatable bonds is 6. The van der Waals surface area contributed by atoms with E-state index in [1.807, 2.05) is 0 Å². The van der Waals surface area contributed by atoms with Crippen LogP contribution in [0.1, 0.15) is 46.5 Å². The largest absolute Gasteiger partial charge is 0.462 e. The van der Waals surface area contributed by atoms with Gasteiger partial charge >= 0.3 is 18.1 Å². The molecule has 0 amide bonds. The van der Waals surface area contributed by atoms with E-state index in [4.69, 9.17) is 4.74 Å². The zero-order valence-electron chi connectivity index (χ0n) is 14.8. The molecule has 142 valence electrons. The molecule has 2 bridgehead atoms. The molecule has 2 rings (SSSR count). The Kier molecular flexibility index (Phi) is 5.54. The van der Waals surface area contributed by atoms with Gasteiger partial charge in [0.25, 0.3) is 0 Å². The molecule has 0 heterocycles. The summed E-state index contributed by atoms with van der Waals surface area (Å²) in [5, 5.41) is 0. The third kappa shape index (κ3) is 4.36. The van der Waals surface area contributed by atoms with Crippen LogP contribution in [0.15, 0.2) is 12.2 Å². The lowest BCUT2D eigenvalue weighted by atomic mass is 9.77. The highest BCUT2D eigenvalue weighted by molar-refractivity contribution is 5.86. The molecule has 0 N–H and O–H groups in total. The smallest absolute Gasteiger partial charge is 0.428 e. The topological polar surface area (TPSA) is 52.6 Å². The van der Waals surface area contributed by atoms with Crippen molar-refractivity contribution >= 4 is 11.9 Å². The number of alkyl halides is 3. The van der Waals surface area contributed by atoms with Crippen LogP contribution >= 0.6 is 0 Å². The third-order valence-electron chi connectivity index (χ3n) is 5.55. The van der Waals surface area contributed by atoms with Crippen LogP contribution in [-0.4, -0.2) is 30.3 Å². The van der Waals surface area contributed by atoms with E-state index in [0.29, 0.717) is 18.6 Å². The first-order chi connectivity index (χ1) is 11.4. The van der Waals surface area contributed by atoms with Crippen LogP contribution in [0.2, 0.25) is 0 Å². The summed E-state index contributed by atoms with van der Waals surface area (Å²) in [6.45, 7) is 7.34. The number of carbonyl (C=O) groups is 2. The SMILES string of the molecule is C=C(C)C(=O)OCC1CC2CC1CC2CC(C)(OC(C)=O)C(F)(F)F. The summed E-state index contributed by atoms with van der Waals surface area (Å²) in [7, 11) is 0. The zero-order valence-corrected chi connectivity index (χ0v) is 14.8. The molecule has 0 spiro atoms.